The fourth-order valence-corrected chi connectivity index (χ4v) is 4.06. The molecule has 3 heterocycles. The molecule has 2 fully saturated rings. The number of fused-ring (bicyclic) bond motifs is 1. The van der Waals surface area contributed by atoms with Crippen LogP contribution in [0.4, 0.5) is 18.3 Å². The predicted octanol–water partition coefficient (Wildman–Crippen LogP) is 1.61. The lowest BCUT2D eigenvalue weighted by atomic mass is 10.4. The van der Waals surface area contributed by atoms with Gasteiger partial charge < -0.3 is 10.2 Å². The van der Waals surface area contributed by atoms with Gasteiger partial charge in [0.1, 0.15) is 6.54 Å². The standard InChI is InChI=1S/C14H14F3N5OS/c15-14(16,17)10-7-24-13(19-10)21-4-8-9(5-21)12(8)20-11(23)6-22-3-1-2-18-22/h1-3,7-9,12H,4-6H2,(H,20,23)/t8-,9+,12?. The number of nitrogens with zero attached hydrogens (tertiary/aromatic N) is 4. The molecular formula is C14H14F3N5OS. The molecule has 3 atom stereocenters. The third kappa shape index (κ3) is 2.85. The zero-order valence-corrected chi connectivity index (χ0v) is 13.2. The van der Waals surface area contributed by atoms with Crippen LogP contribution in [0.2, 0.25) is 0 Å². The van der Waals surface area contributed by atoms with Gasteiger partial charge in [0.15, 0.2) is 10.8 Å². The third-order valence-corrected chi connectivity index (χ3v) is 5.34. The van der Waals surface area contributed by atoms with E-state index in [4.69, 9.17) is 0 Å². The largest absolute Gasteiger partial charge is 0.434 e. The number of thiazole rings is 1. The second-order valence-corrected chi connectivity index (χ2v) is 6.88. The Morgan fingerprint density at radius 3 is 2.71 bits per heavy atom. The third-order valence-electron chi connectivity index (χ3n) is 4.44. The maximum atomic E-state index is 12.6. The first-order valence-corrected chi connectivity index (χ1v) is 8.34. The van der Waals surface area contributed by atoms with Crippen molar-refractivity contribution < 1.29 is 18.0 Å². The molecule has 1 aliphatic carbocycles. The van der Waals surface area contributed by atoms with Gasteiger partial charge in [0.25, 0.3) is 0 Å². The number of alkyl halides is 3. The topological polar surface area (TPSA) is 63.1 Å². The van der Waals surface area contributed by atoms with Crippen molar-refractivity contribution in [3.05, 3.63) is 29.5 Å². The average Bonchev–Trinajstić information content (AvgIpc) is 3.06. The molecule has 128 valence electrons. The minimum Gasteiger partial charge on any atom is -0.351 e. The maximum Gasteiger partial charge on any atom is 0.434 e. The van der Waals surface area contributed by atoms with Crippen LogP contribution in [0.5, 0.6) is 0 Å². The zero-order valence-electron chi connectivity index (χ0n) is 12.4. The molecule has 1 saturated heterocycles. The molecule has 0 bridgehead atoms. The van der Waals surface area contributed by atoms with E-state index in [1.807, 2.05) is 4.90 Å². The lowest BCUT2D eigenvalue weighted by Gasteiger charge is -2.19. The van der Waals surface area contributed by atoms with Gasteiger partial charge in [0.2, 0.25) is 5.91 Å². The first kappa shape index (κ1) is 15.4. The van der Waals surface area contributed by atoms with E-state index in [0.29, 0.717) is 18.2 Å². The van der Waals surface area contributed by atoms with Crippen LogP contribution in [0.1, 0.15) is 5.69 Å². The summed E-state index contributed by atoms with van der Waals surface area (Å²) in [5.41, 5.74) is -0.841. The van der Waals surface area contributed by atoms with E-state index < -0.39 is 11.9 Å². The van der Waals surface area contributed by atoms with E-state index in [-0.39, 0.29) is 30.3 Å². The van der Waals surface area contributed by atoms with Crippen LogP contribution in [0.3, 0.4) is 0 Å². The Labute approximate surface area is 139 Å². The number of carbonyl (C=O) groups is 1. The number of piperidine rings is 1. The summed E-state index contributed by atoms with van der Waals surface area (Å²) in [5, 5.41) is 8.39. The molecule has 1 amide bonds. The summed E-state index contributed by atoms with van der Waals surface area (Å²) in [5.74, 6) is 0.466. The molecule has 1 N–H and O–H groups in total. The second kappa shape index (κ2) is 5.47. The van der Waals surface area contributed by atoms with Gasteiger partial charge in [-0.25, -0.2) is 4.98 Å². The minimum absolute atomic E-state index is 0.0988. The smallest absolute Gasteiger partial charge is 0.351 e. The summed E-state index contributed by atoms with van der Waals surface area (Å²) >= 11 is 1.01. The molecule has 2 aliphatic rings. The fourth-order valence-electron chi connectivity index (χ4n) is 3.21. The van der Waals surface area contributed by atoms with E-state index in [1.165, 1.54) is 0 Å². The highest BCUT2D eigenvalue weighted by Crippen LogP contribution is 2.47. The van der Waals surface area contributed by atoms with Crippen LogP contribution in [0, 0.1) is 11.8 Å². The number of hydrogen-bond acceptors (Lipinski definition) is 5. The van der Waals surface area contributed by atoms with Crippen LogP contribution >= 0.6 is 11.3 Å². The van der Waals surface area contributed by atoms with E-state index in [1.54, 1.807) is 23.1 Å². The van der Waals surface area contributed by atoms with Gasteiger partial charge in [-0.15, -0.1) is 11.3 Å². The second-order valence-electron chi connectivity index (χ2n) is 6.04. The van der Waals surface area contributed by atoms with E-state index >= 15 is 0 Å². The quantitative estimate of drug-likeness (QED) is 0.903. The minimum atomic E-state index is -4.40. The van der Waals surface area contributed by atoms with Crippen molar-refractivity contribution >= 4 is 22.4 Å². The van der Waals surface area contributed by atoms with Gasteiger partial charge in [0, 0.05) is 48.7 Å². The molecule has 6 nitrogen and oxygen atoms in total. The first-order chi connectivity index (χ1) is 11.4. The van der Waals surface area contributed by atoms with Crippen molar-refractivity contribution in [1.82, 2.24) is 20.1 Å². The van der Waals surface area contributed by atoms with Crippen LogP contribution in [0.25, 0.3) is 0 Å². The summed E-state index contributed by atoms with van der Waals surface area (Å²) in [6, 6.07) is 1.85. The Bertz CT molecular complexity index is 732. The Balaban J connectivity index is 1.30. The van der Waals surface area contributed by atoms with Crippen LogP contribution in [-0.2, 0) is 17.5 Å². The highest BCUT2D eigenvalue weighted by molar-refractivity contribution is 7.13. The molecule has 2 aromatic heterocycles. The predicted molar refractivity (Wildman–Crippen MR) is 80.5 cm³/mol. The SMILES string of the molecule is O=C(Cn1cccn1)NC1[C@H]2CN(c3nc(C(F)(F)F)cs3)C[C@@H]12. The number of rotatable bonds is 4. The molecule has 4 rings (SSSR count). The molecule has 0 aromatic carbocycles. The Morgan fingerprint density at radius 1 is 1.38 bits per heavy atom. The average molecular weight is 357 g/mol. The first-order valence-electron chi connectivity index (χ1n) is 7.46. The molecule has 1 unspecified atom stereocenters. The van der Waals surface area contributed by atoms with Crippen molar-refractivity contribution in [2.75, 3.05) is 18.0 Å². The Hall–Kier alpha value is -2.10. The highest BCUT2D eigenvalue weighted by atomic mass is 32.1. The summed E-state index contributed by atoms with van der Waals surface area (Å²) in [7, 11) is 0. The summed E-state index contributed by atoms with van der Waals surface area (Å²) < 4.78 is 39.4. The van der Waals surface area contributed by atoms with Gasteiger partial charge in [-0.2, -0.15) is 18.3 Å². The lowest BCUT2D eigenvalue weighted by Crippen LogP contribution is -2.36. The van der Waals surface area contributed by atoms with E-state index in [9.17, 15) is 18.0 Å². The van der Waals surface area contributed by atoms with Crippen molar-refractivity contribution in [2.45, 2.75) is 18.8 Å². The number of nitrogens with one attached hydrogen (secondary N) is 1. The van der Waals surface area contributed by atoms with Crippen molar-refractivity contribution in [3.8, 4) is 0 Å². The highest BCUT2D eigenvalue weighted by Gasteiger charge is 2.57. The summed E-state index contributed by atoms with van der Waals surface area (Å²) in [6.07, 6.45) is -1.07. The zero-order chi connectivity index (χ0) is 16.9. The van der Waals surface area contributed by atoms with Crippen LogP contribution in [0.15, 0.2) is 23.8 Å². The van der Waals surface area contributed by atoms with Crippen LogP contribution < -0.4 is 10.2 Å². The monoisotopic (exact) mass is 357 g/mol. The number of aromatic nitrogens is 3. The number of amides is 1. The normalized spacial score (nSPS) is 25.6. The fraction of sp³-hybridized carbons (Fsp3) is 0.500. The van der Waals surface area contributed by atoms with E-state index in [0.717, 1.165) is 16.7 Å². The van der Waals surface area contributed by atoms with Crippen molar-refractivity contribution in [3.63, 3.8) is 0 Å². The molecule has 2 aromatic rings. The van der Waals surface area contributed by atoms with Gasteiger partial charge in [0.05, 0.1) is 0 Å². The van der Waals surface area contributed by atoms with Gasteiger partial charge in [-0.1, -0.05) is 0 Å². The molecular weight excluding hydrogens is 343 g/mol. The molecule has 10 heteroatoms. The molecule has 1 aliphatic heterocycles. The van der Waals surface area contributed by atoms with Gasteiger partial charge >= 0.3 is 6.18 Å². The molecule has 24 heavy (non-hydrogen) atoms. The van der Waals surface area contributed by atoms with E-state index in [2.05, 4.69) is 15.4 Å². The Kier molecular flexibility index (Phi) is 3.52. The molecule has 0 radical (unpaired) electrons. The van der Waals surface area contributed by atoms with Gasteiger partial charge in [-0.3, -0.25) is 9.48 Å². The maximum absolute atomic E-state index is 12.6. The van der Waals surface area contributed by atoms with Crippen molar-refractivity contribution in [1.29, 1.82) is 0 Å². The van der Waals surface area contributed by atoms with Gasteiger partial charge in [-0.05, 0) is 6.07 Å². The summed E-state index contributed by atoms with van der Waals surface area (Å²) in [4.78, 5) is 17.5. The van der Waals surface area contributed by atoms with Crippen molar-refractivity contribution in [2.24, 2.45) is 11.8 Å². The number of carbonyl (C=O) groups excluding carboxylic acids is 1. The Morgan fingerprint density at radius 2 is 2.12 bits per heavy atom. The summed E-state index contributed by atoms with van der Waals surface area (Å²) in [6.45, 7) is 1.43. The molecule has 0 spiro atoms. The number of halogens is 3. The number of hydrogen-bond donors (Lipinski definition) is 1. The molecule has 1 saturated carbocycles. The number of anilines is 1. The van der Waals surface area contributed by atoms with Crippen LogP contribution in [-0.4, -0.2) is 39.8 Å². The lowest BCUT2D eigenvalue weighted by molar-refractivity contribution is -0.140.